The minimum Gasteiger partial charge on any atom is -0.478 e. The van der Waals surface area contributed by atoms with E-state index in [1.165, 1.54) is 57.4 Å². The molecule has 0 radical (unpaired) electrons. The van der Waals surface area contributed by atoms with E-state index in [0.717, 1.165) is 0 Å². The molecule has 0 aromatic carbocycles. The molecule has 0 aliphatic carbocycles. The zero-order chi connectivity index (χ0) is 23.3. The molecule has 0 aliphatic heterocycles. The van der Waals surface area contributed by atoms with E-state index < -0.39 is 23.9 Å². The van der Waals surface area contributed by atoms with E-state index in [9.17, 15) is 24.0 Å². The van der Waals surface area contributed by atoms with Gasteiger partial charge < -0.3 is 26.0 Å². The highest BCUT2D eigenvalue weighted by molar-refractivity contribution is 5.90. The molecular formula is C18H20N4O8. The summed E-state index contributed by atoms with van der Waals surface area (Å²) in [4.78, 5) is 58.1. The smallest absolute Gasteiger partial charge is 0.337 e. The number of nitrogen functional groups attached to an aromatic ring is 1. The number of esters is 2. The molecule has 5 N–H and O–H groups in total. The predicted molar refractivity (Wildman–Crippen MR) is 104 cm³/mol. The lowest BCUT2D eigenvalue weighted by Crippen LogP contribution is -2.07. The molecule has 0 aliphatic rings. The Morgan fingerprint density at radius 1 is 0.833 bits per heavy atom. The van der Waals surface area contributed by atoms with Crippen LogP contribution in [0.15, 0.2) is 36.7 Å². The Hall–Kier alpha value is -4.35. The second kappa shape index (κ2) is 12.9. The molecule has 0 saturated carbocycles. The molecular weight excluding hydrogens is 400 g/mol. The van der Waals surface area contributed by atoms with Crippen LogP contribution in [-0.2, 0) is 19.1 Å². The van der Waals surface area contributed by atoms with Crippen molar-refractivity contribution in [3.8, 4) is 0 Å². The number of nitrogens with zero attached hydrogens (tertiary/aromatic N) is 2. The summed E-state index contributed by atoms with van der Waals surface area (Å²) >= 11 is 0. The molecule has 0 bridgehead atoms. The van der Waals surface area contributed by atoms with Crippen LogP contribution in [0.3, 0.4) is 0 Å². The third kappa shape index (κ3) is 12.1. The fourth-order valence-electron chi connectivity index (χ4n) is 1.51. The van der Waals surface area contributed by atoms with Crippen LogP contribution in [0.5, 0.6) is 0 Å². The molecule has 12 heteroatoms. The van der Waals surface area contributed by atoms with Crippen LogP contribution in [0, 0.1) is 0 Å². The van der Waals surface area contributed by atoms with Crippen LogP contribution < -0.4 is 11.1 Å². The molecule has 2 heterocycles. The second-order valence-corrected chi connectivity index (χ2v) is 5.28. The highest BCUT2D eigenvalue weighted by Crippen LogP contribution is 2.04. The van der Waals surface area contributed by atoms with E-state index in [2.05, 4.69) is 20.0 Å². The monoisotopic (exact) mass is 420 g/mol. The molecule has 0 spiro atoms. The first-order valence-corrected chi connectivity index (χ1v) is 8.03. The first kappa shape index (κ1) is 25.6. The molecule has 30 heavy (non-hydrogen) atoms. The maximum atomic E-state index is 10.6. The number of pyridine rings is 2. The quantitative estimate of drug-likeness (QED) is 0.411. The van der Waals surface area contributed by atoms with Gasteiger partial charge in [-0.3, -0.25) is 14.4 Å². The lowest BCUT2D eigenvalue weighted by Gasteiger charge is -1.99. The van der Waals surface area contributed by atoms with Crippen molar-refractivity contribution in [2.24, 2.45) is 0 Å². The minimum atomic E-state index is -1.04. The van der Waals surface area contributed by atoms with Gasteiger partial charge in [0.25, 0.3) is 0 Å². The van der Waals surface area contributed by atoms with Gasteiger partial charge in [-0.25, -0.2) is 19.6 Å². The SMILES string of the molecule is CC(=O)Nc1ccc(C(=O)O)cn1.CC(=O)OC(C)=O.Nc1ccc(C(=O)O)cn1. The molecule has 0 saturated heterocycles. The van der Waals surface area contributed by atoms with Crippen molar-refractivity contribution in [2.75, 3.05) is 11.1 Å². The summed E-state index contributed by atoms with van der Waals surface area (Å²) in [6.07, 6.45) is 2.41. The normalized spacial score (nSPS) is 8.90. The van der Waals surface area contributed by atoms with Crippen molar-refractivity contribution in [1.29, 1.82) is 0 Å². The Bertz CT molecular complexity index is 883. The summed E-state index contributed by atoms with van der Waals surface area (Å²) in [5.41, 5.74) is 5.46. The van der Waals surface area contributed by atoms with Gasteiger partial charge in [-0.15, -0.1) is 0 Å². The van der Waals surface area contributed by atoms with Crippen LogP contribution in [0.1, 0.15) is 41.5 Å². The lowest BCUT2D eigenvalue weighted by atomic mass is 10.3. The van der Waals surface area contributed by atoms with E-state index in [0.29, 0.717) is 11.6 Å². The van der Waals surface area contributed by atoms with Crippen LogP contribution in [-0.4, -0.2) is 50.0 Å². The van der Waals surface area contributed by atoms with E-state index in [4.69, 9.17) is 15.9 Å². The number of carbonyl (C=O) groups excluding carboxylic acids is 3. The first-order valence-electron chi connectivity index (χ1n) is 8.03. The number of aromatic nitrogens is 2. The molecule has 160 valence electrons. The van der Waals surface area contributed by atoms with E-state index >= 15 is 0 Å². The molecule has 12 nitrogen and oxygen atoms in total. The highest BCUT2D eigenvalue weighted by atomic mass is 16.6. The number of ether oxygens (including phenoxy) is 1. The Kier molecular flexibility index (Phi) is 11.1. The summed E-state index contributed by atoms with van der Waals surface area (Å²) in [7, 11) is 0. The van der Waals surface area contributed by atoms with Crippen molar-refractivity contribution < 1.29 is 38.9 Å². The Labute approximate surface area is 170 Å². The van der Waals surface area contributed by atoms with Gasteiger partial charge in [0.15, 0.2) is 0 Å². The summed E-state index contributed by atoms with van der Waals surface area (Å²) in [5.74, 6) is -2.73. The van der Waals surface area contributed by atoms with Crippen molar-refractivity contribution >= 4 is 41.4 Å². The van der Waals surface area contributed by atoms with E-state index in [1.54, 1.807) is 0 Å². The fourth-order valence-corrected chi connectivity index (χ4v) is 1.51. The number of hydrogen-bond donors (Lipinski definition) is 4. The molecule has 2 aromatic rings. The maximum Gasteiger partial charge on any atom is 0.337 e. The number of carboxylic acid groups (broad SMARTS) is 2. The van der Waals surface area contributed by atoms with Crippen LogP contribution in [0.4, 0.5) is 11.6 Å². The molecule has 0 atom stereocenters. The topological polar surface area (TPSA) is 199 Å². The predicted octanol–water partition coefficient (Wildman–Crippen LogP) is 1.20. The number of hydrogen-bond acceptors (Lipinski definition) is 9. The van der Waals surface area contributed by atoms with Gasteiger partial charge in [0, 0.05) is 33.2 Å². The number of nitrogens with one attached hydrogen (secondary N) is 1. The van der Waals surface area contributed by atoms with Crippen molar-refractivity contribution in [3.05, 3.63) is 47.8 Å². The lowest BCUT2D eigenvalue weighted by molar-refractivity contribution is -0.156. The Balaban J connectivity index is 0.000000442. The first-order chi connectivity index (χ1) is 13.9. The second-order valence-electron chi connectivity index (χ2n) is 5.28. The fraction of sp³-hybridized carbons (Fsp3) is 0.167. The number of amides is 1. The zero-order valence-corrected chi connectivity index (χ0v) is 16.3. The van der Waals surface area contributed by atoms with E-state index in [1.807, 2.05) is 0 Å². The number of anilines is 2. The average molecular weight is 420 g/mol. The van der Waals surface area contributed by atoms with Gasteiger partial charge in [0.2, 0.25) is 5.91 Å². The number of aromatic carboxylic acids is 2. The Morgan fingerprint density at radius 2 is 1.30 bits per heavy atom. The molecule has 1 amide bonds. The highest BCUT2D eigenvalue weighted by Gasteiger charge is 2.03. The number of carboxylic acids is 2. The van der Waals surface area contributed by atoms with Gasteiger partial charge in [0.1, 0.15) is 11.6 Å². The Morgan fingerprint density at radius 3 is 1.57 bits per heavy atom. The van der Waals surface area contributed by atoms with Crippen molar-refractivity contribution in [1.82, 2.24) is 9.97 Å². The zero-order valence-electron chi connectivity index (χ0n) is 16.3. The maximum absolute atomic E-state index is 10.6. The van der Waals surface area contributed by atoms with Gasteiger partial charge in [0.05, 0.1) is 11.1 Å². The standard InChI is InChI=1S/C8H8N2O3.C6H6N2O2.C4H6O3/c1-5(11)10-7-3-2-6(4-9-7)8(12)13;7-5-2-1-4(3-8-5)6(9)10;1-3(5)7-4(2)6/h2-4H,1H3,(H,12,13)(H,9,10,11);1-3H,(H2,7,8)(H,9,10);1-2H3. The number of carbonyl (C=O) groups is 5. The van der Waals surface area contributed by atoms with Crippen LogP contribution >= 0.6 is 0 Å². The van der Waals surface area contributed by atoms with Crippen LogP contribution in [0.2, 0.25) is 0 Å². The van der Waals surface area contributed by atoms with Gasteiger partial charge in [-0.1, -0.05) is 0 Å². The minimum absolute atomic E-state index is 0.0918. The molecule has 0 fully saturated rings. The molecule has 2 aromatic heterocycles. The van der Waals surface area contributed by atoms with Crippen LogP contribution in [0.25, 0.3) is 0 Å². The average Bonchev–Trinajstić information content (AvgIpc) is 2.62. The van der Waals surface area contributed by atoms with Gasteiger partial charge in [-0.05, 0) is 24.3 Å². The summed E-state index contributed by atoms with van der Waals surface area (Å²) in [6.45, 7) is 3.72. The summed E-state index contributed by atoms with van der Waals surface area (Å²) in [6, 6.07) is 5.67. The largest absolute Gasteiger partial charge is 0.478 e. The van der Waals surface area contributed by atoms with Gasteiger partial charge >= 0.3 is 23.9 Å². The third-order valence-corrected chi connectivity index (χ3v) is 2.64. The molecule has 2 rings (SSSR count). The summed E-state index contributed by atoms with van der Waals surface area (Å²) in [5, 5.41) is 19.4. The number of nitrogens with two attached hydrogens (primary N) is 1. The van der Waals surface area contributed by atoms with Gasteiger partial charge in [-0.2, -0.15) is 0 Å². The summed E-state index contributed by atoms with van der Waals surface area (Å²) < 4.78 is 3.97. The van der Waals surface area contributed by atoms with Crippen molar-refractivity contribution in [3.63, 3.8) is 0 Å². The van der Waals surface area contributed by atoms with Crippen molar-refractivity contribution in [2.45, 2.75) is 20.8 Å². The van der Waals surface area contributed by atoms with E-state index in [-0.39, 0.29) is 17.0 Å². The molecule has 0 unspecified atom stereocenters. The number of rotatable bonds is 3. The third-order valence-electron chi connectivity index (χ3n) is 2.64.